The maximum absolute atomic E-state index is 12.2. The monoisotopic (exact) mass is 334 g/mol. The van der Waals surface area contributed by atoms with Gasteiger partial charge in [-0.05, 0) is 31.7 Å². The number of nitrogens with zero attached hydrogens (tertiary/aromatic N) is 2. The van der Waals surface area contributed by atoms with Crippen molar-refractivity contribution in [3.63, 3.8) is 0 Å². The fourth-order valence-electron chi connectivity index (χ4n) is 2.37. The molecule has 1 aromatic carbocycles. The molecular weight excluding hydrogens is 320 g/mol. The first-order chi connectivity index (χ1) is 9.63. The lowest BCUT2D eigenvalue weighted by molar-refractivity contribution is 0.102. The number of nitrogens with one attached hydrogen (secondary N) is 2. The Labute approximate surface area is 125 Å². The smallest absolute Gasteiger partial charge is 0.256 e. The van der Waals surface area contributed by atoms with Crippen LogP contribution in [0.15, 0.2) is 28.7 Å². The van der Waals surface area contributed by atoms with Gasteiger partial charge in [0, 0.05) is 28.7 Å². The zero-order valence-corrected chi connectivity index (χ0v) is 12.7. The summed E-state index contributed by atoms with van der Waals surface area (Å²) in [6.45, 7) is 1.82. The average molecular weight is 335 g/mol. The van der Waals surface area contributed by atoms with Crippen molar-refractivity contribution in [3.8, 4) is 0 Å². The second-order valence-corrected chi connectivity index (χ2v) is 5.90. The molecule has 6 heteroatoms. The van der Waals surface area contributed by atoms with Gasteiger partial charge in [0.1, 0.15) is 0 Å². The molecule has 0 atom stereocenters. The topological polar surface area (TPSA) is 61.0 Å². The van der Waals surface area contributed by atoms with Crippen molar-refractivity contribution in [3.05, 3.63) is 45.6 Å². The third kappa shape index (κ3) is 2.62. The van der Waals surface area contributed by atoms with Gasteiger partial charge in [0.25, 0.3) is 5.91 Å². The fraction of sp³-hybridized carbons (Fsp3) is 0.286. The Hall–Kier alpha value is -1.66. The van der Waals surface area contributed by atoms with Crippen LogP contribution in [-0.4, -0.2) is 34.6 Å². The molecule has 5 nitrogen and oxygen atoms in total. The van der Waals surface area contributed by atoms with E-state index < -0.39 is 0 Å². The van der Waals surface area contributed by atoms with E-state index >= 15 is 0 Å². The minimum atomic E-state index is -0.139. The molecule has 20 heavy (non-hydrogen) atoms. The number of rotatable bonds is 2. The molecular formula is C14H15BrN4O. The van der Waals surface area contributed by atoms with Gasteiger partial charge < -0.3 is 10.2 Å². The summed E-state index contributed by atoms with van der Waals surface area (Å²) in [7, 11) is 2.07. The number of aromatic nitrogens is 2. The number of fused-ring (bicyclic) bond motifs is 1. The normalized spacial score (nSPS) is 14.9. The van der Waals surface area contributed by atoms with Crippen molar-refractivity contribution in [2.24, 2.45) is 0 Å². The molecule has 1 aromatic heterocycles. The molecule has 0 radical (unpaired) electrons. The highest BCUT2D eigenvalue weighted by molar-refractivity contribution is 9.10. The molecule has 0 saturated carbocycles. The number of carbonyl (C=O) groups excluding carboxylic acids is 1. The summed E-state index contributed by atoms with van der Waals surface area (Å²) in [6.07, 6.45) is 0.899. The third-order valence-corrected chi connectivity index (χ3v) is 3.94. The molecule has 104 valence electrons. The Balaban J connectivity index is 1.80. The van der Waals surface area contributed by atoms with E-state index in [1.807, 2.05) is 12.1 Å². The summed E-state index contributed by atoms with van der Waals surface area (Å²) in [5, 5.41) is 10.1. The van der Waals surface area contributed by atoms with Crippen LogP contribution in [0.2, 0.25) is 0 Å². The van der Waals surface area contributed by atoms with Crippen molar-refractivity contribution in [1.29, 1.82) is 0 Å². The molecule has 2 N–H and O–H groups in total. The number of hydrogen-bond donors (Lipinski definition) is 2. The largest absolute Gasteiger partial charge is 0.305 e. The lowest BCUT2D eigenvalue weighted by Crippen LogP contribution is -2.26. The Morgan fingerprint density at radius 2 is 2.35 bits per heavy atom. The summed E-state index contributed by atoms with van der Waals surface area (Å²) >= 11 is 3.37. The zero-order valence-electron chi connectivity index (χ0n) is 11.1. The van der Waals surface area contributed by atoms with Crippen LogP contribution in [-0.2, 0) is 13.0 Å². The summed E-state index contributed by atoms with van der Waals surface area (Å²) in [4.78, 5) is 14.4. The predicted octanol–water partition coefficient (Wildman–Crippen LogP) is 2.41. The van der Waals surface area contributed by atoms with E-state index in [0.717, 1.165) is 35.2 Å². The Morgan fingerprint density at radius 1 is 1.50 bits per heavy atom. The number of amides is 1. The number of likely N-dealkylation sites (N-methyl/N-ethyl adjacent to an activating group) is 1. The molecule has 0 fully saturated rings. The van der Waals surface area contributed by atoms with Crippen LogP contribution in [0.3, 0.4) is 0 Å². The molecule has 0 bridgehead atoms. The van der Waals surface area contributed by atoms with Crippen LogP contribution in [0, 0.1) is 0 Å². The standard InChI is InChI=1S/C14H15BrN4O/c1-19-6-5-11-12(8-19)17-18-13(11)16-14(20)9-3-2-4-10(15)7-9/h2-4,7H,5-6,8H2,1H3,(H2,16,17,18,20). The Bertz CT molecular complexity index is 652. The minimum Gasteiger partial charge on any atom is -0.305 e. The lowest BCUT2D eigenvalue weighted by Gasteiger charge is -2.21. The first kappa shape index (κ1) is 13.3. The maximum atomic E-state index is 12.2. The number of benzene rings is 1. The highest BCUT2D eigenvalue weighted by Gasteiger charge is 2.21. The van der Waals surface area contributed by atoms with Crippen LogP contribution in [0.5, 0.6) is 0 Å². The molecule has 1 aliphatic heterocycles. The van der Waals surface area contributed by atoms with Crippen molar-refractivity contribution in [2.45, 2.75) is 13.0 Å². The van der Waals surface area contributed by atoms with Crippen LogP contribution >= 0.6 is 15.9 Å². The fourth-order valence-corrected chi connectivity index (χ4v) is 2.77. The van der Waals surface area contributed by atoms with Gasteiger partial charge in [-0.1, -0.05) is 22.0 Å². The summed E-state index contributed by atoms with van der Waals surface area (Å²) in [5.41, 5.74) is 2.82. The second-order valence-electron chi connectivity index (χ2n) is 4.98. The van der Waals surface area contributed by atoms with Crippen LogP contribution in [0.4, 0.5) is 5.82 Å². The molecule has 0 aliphatic carbocycles. The number of H-pyrrole nitrogens is 1. The number of aromatic amines is 1. The van der Waals surface area contributed by atoms with Crippen molar-refractivity contribution < 1.29 is 4.79 Å². The van der Waals surface area contributed by atoms with Crippen molar-refractivity contribution >= 4 is 27.7 Å². The first-order valence-corrected chi connectivity index (χ1v) is 7.24. The van der Waals surface area contributed by atoms with Gasteiger partial charge in [-0.15, -0.1) is 0 Å². The number of carbonyl (C=O) groups is 1. The van der Waals surface area contributed by atoms with Gasteiger partial charge in [-0.3, -0.25) is 9.89 Å². The molecule has 0 spiro atoms. The highest BCUT2D eigenvalue weighted by atomic mass is 79.9. The molecule has 1 amide bonds. The highest BCUT2D eigenvalue weighted by Crippen LogP contribution is 2.23. The lowest BCUT2D eigenvalue weighted by atomic mass is 10.1. The molecule has 0 unspecified atom stereocenters. The Morgan fingerprint density at radius 3 is 3.15 bits per heavy atom. The van der Waals surface area contributed by atoms with Gasteiger partial charge in [0.05, 0.1) is 5.69 Å². The molecule has 2 heterocycles. The summed E-state index contributed by atoms with van der Waals surface area (Å²) in [6, 6.07) is 7.31. The van der Waals surface area contributed by atoms with Gasteiger partial charge in [0.2, 0.25) is 0 Å². The maximum Gasteiger partial charge on any atom is 0.256 e. The number of hydrogen-bond acceptors (Lipinski definition) is 3. The van der Waals surface area contributed by atoms with Crippen molar-refractivity contribution in [2.75, 3.05) is 18.9 Å². The van der Waals surface area contributed by atoms with E-state index in [2.05, 4.69) is 43.4 Å². The van der Waals surface area contributed by atoms with E-state index in [1.54, 1.807) is 12.1 Å². The van der Waals surface area contributed by atoms with Crippen LogP contribution in [0.25, 0.3) is 0 Å². The van der Waals surface area contributed by atoms with Gasteiger partial charge >= 0.3 is 0 Å². The van der Waals surface area contributed by atoms with E-state index in [1.165, 1.54) is 0 Å². The average Bonchev–Trinajstić information content (AvgIpc) is 2.81. The van der Waals surface area contributed by atoms with E-state index in [-0.39, 0.29) is 5.91 Å². The van der Waals surface area contributed by atoms with Crippen LogP contribution in [0.1, 0.15) is 21.6 Å². The van der Waals surface area contributed by atoms with E-state index in [9.17, 15) is 4.79 Å². The van der Waals surface area contributed by atoms with E-state index in [0.29, 0.717) is 11.4 Å². The van der Waals surface area contributed by atoms with Crippen molar-refractivity contribution in [1.82, 2.24) is 15.1 Å². The molecule has 0 saturated heterocycles. The third-order valence-electron chi connectivity index (χ3n) is 3.44. The summed E-state index contributed by atoms with van der Waals surface area (Å²) in [5.74, 6) is 0.512. The zero-order chi connectivity index (χ0) is 14.1. The second kappa shape index (κ2) is 5.38. The quantitative estimate of drug-likeness (QED) is 0.886. The van der Waals surface area contributed by atoms with Crippen LogP contribution < -0.4 is 5.32 Å². The molecule has 2 aromatic rings. The molecule has 3 rings (SSSR count). The SMILES string of the molecule is CN1CCc2c(NC(=O)c3cccc(Br)c3)n[nH]c2C1. The molecule has 1 aliphatic rings. The Kier molecular flexibility index (Phi) is 3.58. The van der Waals surface area contributed by atoms with E-state index in [4.69, 9.17) is 0 Å². The summed E-state index contributed by atoms with van der Waals surface area (Å²) < 4.78 is 0.885. The minimum absolute atomic E-state index is 0.139. The number of halogens is 1. The predicted molar refractivity (Wildman–Crippen MR) is 80.7 cm³/mol. The van der Waals surface area contributed by atoms with Gasteiger partial charge in [-0.25, -0.2) is 0 Å². The van der Waals surface area contributed by atoms with Gasteiger partial charge in [-0.2, -0.15) is 5.10 Å². The first-order valence-electron chi connectivity index (χ1n) is 6.45. The number of anilines is 1. The van der Waals surface area contributed by atoms with Gasteiger partial charge in [0.15, 0.2) is 5.82 Å².